The van der Waals surface area contributed by atoms with Crippen molar-refractivity contribution < 1.29 is 17.9 Å². The number of aryl methyl sites for hydroxylation is 1. The van der Waals surface area contributed by atoms with Gasteiger partial charge >= 0.3 is 6.18 Å². The van der Waals surface area contributed by atoms with Crippen LogP contribution in [-0.4, -0.2) is 45.7 Å². The van der Waals surface area contributed by atoms with Crippen molar-refractivity contribution in [3.8, 4) is 0 Å². The smallest absolute Gasteiger partial charge is 0.378 e. The summed E-state index contributed by atoms with van der Waals surface area (Å²) in [6.45, 7) is 6.39. The molecule has 0 saturated carbocycles. The van der Waals surface area contributed by atoms with E-state index in [-0.39, 0.29) is 12.1 Å². The number of benzene rings is 1. The number of fused-ring (bicyclic) bond motifs is 3. The number of anilines is 2. The van der Waals surface area contributed by atoms with Gasteiger partial charge in [0.1, 0.15) is 11.6 Å². The maximum Gasteiger partial charge on any atom is 0.416 e. The Kier molecular flexibility index (Phi) is 5.32. The molecule has 10 heteroatoms. The molecule has 33 heavy (non-hydrogen) atoms. The molecule has 0 radical (unpaired) electrons. The molecule has 0 amide bonds. The summed E-state index contributed by atoms with van der Waals surface area (Å²) in [5.41, 5.74) is 1.88. The number of aromatic nitrogens is 4. The Morgan fingerprint density at radius 2 is 1.88 bits per heavy atom. The van der Waals surface area contributed by atoms with Crippen LogP contribution < -0.4 is 10.2 Å². The van der Waals surface area contributed by atoms with Gasteiger partial charge in [-0.15, -0.1) is 0 Å². The fraction of sp³-hybridized carbons (Fsp3) is 0.348. The summed E-state index contributed by atoms with van der Waals surface area (Å²) < 4.78 is 47.4. The number of imidazole rings is 1. The Morgan fingerprint density at radius 1 is 1.09 bits per heavy atom. The van der Waals surface area contributed by atoms with E-state index in [2.05, 4.69) is 25.2 Å². The van der Waals surface area contributed by atoms with Gasteiger partial charge < -0.3 is 15.0 Å². The topological polar surface area (TPSA) is 67.6 Å². The van der Waals surface area contributed by atoms with Gasteiger partial charge in [0.15, 0.2) is 0 Å². The molecule has 4 aromatic rings. The lowest BCUT2D eigenvalue weighted by atomic mass is 10.0. The van der Waals surface area contributed by atoms with Crippen molar-refractivity contribution in [1.82, 2.24) is 19.4 Å². The van der Waals surface area contributed by atoms with Crippen molar-refractivity contribution in [3.05, 3.63) is 59.0 Å². The molecule has 1 aliphatic heterocycles. The first-order chi connectivity index (χ1) is 15.8. The zero-order valence-corrected chi connectivity index (χ0v) is 18.3. The third-order valence-electron chi connectivity index (χ3n) is 6.03. The van der Waals surface area contributed by atoms with Gasteiger partial charge in [-0.1, -0.05) is 12.1 Å². The molecule has 7 nitrogen and oxygen atoms in total. The van der Waals surface area contributed by atoms with Crippen molar-refractivity contribution in [2.45, 2.75) is 26.6 Å². The van der Waals surface area contributed by atoms with E-state index < -0.39 is 11.7 Å². The molecule has 0 spiro atoms. The highest BCUT2D eigenvalue weighted by Crippen LogP contribution is 2.33. The van der Waals surface area contributed by atoms with Crippen molar-refractivity contribution in [2.24, 2.45) is 0 Å². The molecule has 1 saturated heterocycles. The molecule has 4 heterocycles. The van der Waals surface area contributed by atoms with Gasteiger partial charge in [-0.3, -0.25) is 4.40 Å². The number of halogens is 3. The van der Waals surface area contributed by atoms with Gasteiger partial charge in [-0.05, 0) is 37.1 Å². The van der Waals surface area contributed by atoms with Crippen molar-refractivity contribution in [2.75, 3.05) is 36.5 Å². The van der Waals surface area contributed by atoms with Crippen molar-refractivity contribution in [3.63, 3.8) is 0 Å². The van der Waals surface area contributed by atoms with E-state index in [9.17, 15) is 13.2 Å². The van der Waals surface area contributed by atoms with Crippen LogP contribution >= 0.6 is 0 Å². The lowest BCUT2D eigenvalue weighted by Gasteiger charge is -2.28. The largest absolute Gasteiger partial charge is 0.416 e. The van der Waals surface area contributed by atoms with Crippen LogP contribution in [0.2, 0.25) is 0 Å². The average Bonchev–Trinajstić information content (AvgIpc) is 3.18. The molecule has 0 aliphatic carbocycles. The Labute approximate surface area is 188 Å². The maximum absolute atomic E-state index is 13.3. The minimum atomic E-state index is -4.39. The first kappa shape index (κ1) is 21.4. The number of rotatable bonds is 4. The molecule has 1 fully saturated rings. The van der Waals surface area contributed by atoms with E-state index in [1.165, 1.54) is 13.0 Å². The number of pyridine rings is 1. The third-order valence-corrected chi connectivity index (χ3v) is 6.03. The number of hydrogen-bond donors (Lipinski definition) is 1. The van der Waals surface area contributed by atoms with Gasteiger partial charge in [0.2, 0.25) is 5.78 Å². The second kappa shape index (κ2) is 8.18. The van der Waals surface area contributed by atoms with E-state index in [1.807, 2.05) is 17.4 Å². The molecule has 1 aromatic carbocycles. The summed E-state index contributed by atoms with van der Waals surface area (Å²) >= 11 is 0. The van der Waals surface area contributed by atoms with Gasteiger partial charge in [-0.25, -0.2) is 9.97 Å². The summed E-state index contributed by atoms with van der Waals surface area (Å²) in [4.78, 5) is 15.8. The molecular weight excluding hydrogens is 433 g/mol. The van der Waals surface area contributed by atoms with Gasteiger partial charge in [-0.2, -0.15) is 18.2 Å². The lowest BCUT2D eigenvalue weighted by Crippen LogP contribution is -2.36. The van der Waals surface area contributed by atoms with E-state index in [4.69, 9.17) is 4.74 Å². The molecule has 1 aliphatic rings. The number of hydrogen-bond acceptors (Lipinski definition) is 6. The minimum absolute atomic E-state index is 0.197. The van der Waals surface area contributed by atoms with E-state index in [1.54, 1.807) is 18.5 Å². The number of nitrogens with zero attached hydrogens (tertiary/aromatic N) is 5. The second-order valence-corrected chi connectivity index (χ2v) is 8.10. The van der Waals surface area contributed by atoms with Gasteiger partial charge in [0.25, 0.3) is 0 Å². The molecule has 3 aromatic heterocycles. The number of morpholine rings is 1. The first-order valence-corrected chi connectivity index (χ1v) is 10.7. The standard InChI is InChI=1S/C23H23F3N6O/c1-14-11-29-22-30-21(28-12-16-4-3-5-18(15(16)2)23(24,25)26)17-10-20(27-13-19(17)32(14)22)31-6-8-33-9-7-31/h3-5,10-11,13H,6-9,12H2,1-2H3,(H,28,29,30). The Bertz CT molecular complexity index is 1330. The number of ether oxygens (including phenoxy) is 1. The van der Waals surface area contributed by atoms with Crippen LogP contribution in [0.1, 0.15) is 22.4 Å². The summed E-state index contributed by atoms with van der Waals surface area (Å²) in [6, 6.07) is 6.19. The first-order valence-electron chi connectivity index (χ1n) is 10.7. The van der Waals surface area contributed by atoms with E-state index in [0.29, 0.717) is 30.4 Å². The second-order valence-electron chi connectivity index (χ2n) is 8.10. The van der Waals surface area contributed by atoms with Crippen LogP contribution in [-0.2, 0) is 17.5 Å². The predicted octanol–water partition coefficient (Wildman–Crippen LogP) is 4.36. The van der Waals surface area contributed by atoms with E-state index in [0.717, 1.165) is 41.6 Å². The zero-order chi connectivity index (χ0) is 23.2. The fourth-order valence-corrected chi connectivity index (χ4v) is 4.23. The van der Waals surface area contributed by atoms with Crippen LogP contribution in [0.25, 0.3) is 16.7 Å². The van der Waals surface area contributed by atoms with Crippen LogP contribution in [0, 0.1) is 13.8 Å². The summed E-state index contributed by atoms with van der Waals surface area (Å²) in [6.07, 6.45) is -0.862. The fourth-order valence-electron chi connectivity index (χ4n) is 4.23. The predicted molar refractivity (Wildman–Crippen MR) is 120 cm³/mol. The molecule has 0 unspecified atom stereocenters. The summed E-state index contributed by atoms with van der Waals surface area (Å²) in [5.74, 6) is 1.86. The molecule has 0 bridgehead atoms. The maximum atomic E-state index is 13.3. The highest BCUT2D eigenvalue weighted by atomic mass is 19.4. The monoisotopic (exact) mass is 456 g/mol. The third kappa shape index (κ3) is 3.95. The molecule has 172 valence electrons. The SMILES string of the molecule is Cc1c(CNc2nc3ncc(C)n3c3cnc(N4CCOCC4)cc23)cccc1C(F)(F)F. The Morgan fingerprint density at radius 3 is 2.64 bits per heavy atom. The van der Waals surface area contributed by atoms with Crippen molar-refractivity contribution >= 4 is 28.3 Å². The van der Waals surface area contributed by atoms with Crippen molar-refractivity contribution in [1.29, 1.82) is 0 Å². The van der Waals surface area contributed by atoms with Crippen LogP contribution in [0.4, 0.5) is 24.8 Å². The summed E-state index contributed by atoms with van der Waals surface area (Å²) in [5, 5.41) is 4.08. The van der Waals surface area contributed by atoms with Crippen LogP contribution in [0.15, 0.2) is 36.7 Å². The number of alkyl halides is 3. The summed E-state index contributed by atoms with van der Waals surface area (Å²) in [7, 11) is 0. The Hall–Kier alpha value is -3.40. The minimum Gasteiger partial charge on any atom is -0.378 e. The van der Waals surface area contributed by atoms with Gasteiger partial charge in [0.05, 0.1) is 36.7 Å². The molecule has 1 N–H and O–H groups in total. The van der Waals surface area contributed by atoms with Crippen LogP contribution in [0.3, 0.4) is 0 Å². The van der Waals surface area contributed by atoms with E-state index >= 15 is 0 Å². The normalized spacial score (nSPS) is 14.9. The van der Waals surface area contributed by atoms with Crippen LogP contribution in [0.5, 0.6) is 0 Å². The van der Waals surface area contributed by atoms with Gasteiger partial charge in [0, 0.05) is 30.7 Å². The number of nitrogens with one attached hydrogen (secondary N) is 1. The quantitative estimate of drug-likeness (QED) is 0.492. The molecule has 0 atom stereocenters. The lowest BCUT2D eigenvalue weighted by molar-refractivity contribution is -0.138. The zero-order valence-electron chi connectivity index (χ0n) is 18.3. The average molecular weight is 456 g/mol. The molecule has 5 rings (SSSR count). The Balaban J connectivity index is 1.56. The highest BCUT2D eigenvalue weighted by Gasteiger charge is 2.32. The molecular formula is C23H23F3N6O. The highest BCUT2D eigenvalue weighted by molar-refractivity contribution is 5.92.